The zero-order chi connectivity index (χ0) is 12.5. The molecule has 2 atom stereocenters. The topological polar surface area (TPSA) is 61.4 Å². The van der Waals surface area contributed by atoms with E-state index in [0.29, 0.717) is 5.92 Å². The summed E-state index contributed by atoms with van der Waals surface area (Å²) >= 11 is 0. The molecule has 2 saturated carbocycles. The highest BCUT2D eigenvalue weighted by Gasteiger charge is 2.42. The van der Waals surface area contributed by atoms with Gasteiger partial charge in [0.2, 0.25) is 0 Å². The van der Waals surface area contributed by atoms with Crippen molar-refractivity contribution in [3.8, 4) is 0 Å². The van der Waals surface area contributed by atoms with Crippen LogP contribution in [0.15, 0.2) is 0 Å². The number of rotatable bonds is 6. The third-order valence-corrected chi connectivity index (χ3v) is 3.97. The Bertz CT molecular complexity index is 287. The molecule has 3 N–H and O–H groups in total. The van der Waals surface area contributed by atoms with Crippen LogP contribution in [-0.2, 0) is 0 Å². The predicted molar refractivity (Wildman–Crippen MR) is 66.7 cm³/mol. The minimum atomic E-state index is -0.441. The van der Waals surface area contributed by atoms with E-state index in [1.165, 1.54) is 12.8 Å². The van der Waals surface area contributed by atoms with Crippen LogP contribution in [0, 0.1) is 11.8 Å². The van der Waals surface area contributed by atoms with E-state index in [4.69, 9.17) is 0 Å². The second-order valence-electron chi connectivity index (χ2n) is 6.03. The van der Waals surface area contributed by atoms with Crippen molar-refractivity contribution >= 4 is 6.03 Å². The van der Waals surface area contributed by atoms with Crippen LogP contribution in [0.4, 0.5) is 4.79 Å². The molecule has 2 aliphatic rings. The van der Waals surface area contributed by atoms with Gasteiger partial charge in [0, 0.05) is 6.04 Å². The van der Waals surface area contributed by atoms with Gasteiger partial charge in [-0.3, -0.25) is 0 Å². The average molecular weight is 240 g/mol. The number of aliphatic hydroxyl groups is 1. The van der Waals surface area contributed by atoms with Crippen molar-refractivity contribution in [2.75, 3.05) is 6.61 Å². The van der Waals surface area contributed by atoms with Crippen molar-refractivity contribution in [2.45, 2.75) is 57.5 Å². The first kappa shape index (κ1) is 12.7. The van der Waals surface area contributed by atoms with Gasteiger partial charge in [0.05, 0.1) is 12.1 Å². The highest BCUT2D eigenvalue weighted by molar-refractivity contribution is 5.75. The first-order valence-corrected chi connectivity index (χ1v) is 6.73. The van der Waals surface area contributed by atoms with E-state index in [0.717, 1.165) is 25.2 Å². The Labute approximate surface area is 103 Å². The number of hydrogen-bond donors (Lipinski definition) is 3. The van der Waals surface area contributed by atoms with E-state index in [2.05, 4.69) is 10.6 Å². The number of aliphatic hydroxyl groups excluding tert-OH is 1. The lowest BCUT2D eigenvalue weighted by atomic mass is 9.97. The van der Waals surface area contributed by atoms with Gasteiger partial charge >= 0.3 is 6.03 Å². The maximum atomic E-state index is 11.8. The first-order chi connectivity index (χ1) is 8.03. The van der Waals surface area contributed by atoms with E-state index >= 15 is 0 Å². The van der Waals surface area contributed by atoms with E-state index in [1.54, 1.807) is 0 Å². The molecule has 2 amide bonds. The quantitative estimate of drug-likeness (QED) is 0.661. The molecule has 0 saturated heterocycles. The van der Waals surface area contributed by atoms with Crippen molar-refractivity contribution in [1.82, 2.24) is 10.6 Å². The number of hydrogen-bond acceptors (Lipinski definition) is 2. The van der Waals surface area contributed by atoms with Gasteiger partial charge in [-0.1, -0.05) is 12.8 Å². The van der Waals surface area contributed by atoms with Gasteiger partial charge in [0.1, 0.15) is 0 Å². The third kappa shape index (κ3) is 3.60. The molecule has 2 fully saturated rings. The molecule has 0 aromatic heterocycles. The van der Waals surface area contributed by atoms with Gasteiger partial charge in [-0.15, -0.1) is 0 Å². The lowest BCUT2D eigenvalue weighted by Crippen LogP contribution is -2.55. The van der Waals surface area contributed by atoms with E-state index in [9.17, 15) is 9.90 Å². The molecular weight excluding hydrogens is 216 g/mol. The summed E-state index contributed by atoms with van der Waals surface area (Å²) in [6.45, 7) is 3.99. The molecule has 2 rings (SSSR count). The Morgan fingerprint density at radius 1 is 1.41 bits per heavy atom. The Morgan fingerprint density at radius 3 is 2.53 bits per heavy atom. The highest BCUT2D eigenvalue weighted by atomic mass is 16.3. The molecule has 0 radical (unpaired) electrons. The zero-order valence-corrected chi connectivity index (χ0v) is 10.8. The minimum absolute atomic E-state index is 0.0160. The Kier molecular flexibility index (Phi) is 3.61. The van der Waals surface area contributed by atoms with E-state index in [1.807, 2.05) is 13.8 Å². The fourth-order valence-corrected chi connectivity index (χ4v) is 2.42. The summed E-state index contributed by atoms with van der Waals surface area (Å²) in [5.41, 5.74) is -0.441. The molecule has 0 aliphatic heterocycles. The monoisotopic (exact) mass is 240 g/mol. The standard InChI is InChI=1S/C13H24N2O2/c1-9(7-10-3-4-10)14-12(17)15-13(2,8-16)11-5-6-11/h9-11,16H,3-8H2,1-2H3,(H2,14,15,17). The van der Waals surface area contributed by atoms with E-state index in [-0.39, 0.29) is 18.7 Å². The maximum absolute atomic E-state index is 11.8. The summed E-state index contributed by atoms with van der Waals surface area (Å²) in [6, 6.07) is 0.0891. The molecule has 0 aromatic carbocycles. The summed E-state index contributed by atoms with van der Waals surface area (Å²) < 4.78 is 0. The Balaban J connectivity index is 1.74. The van der Waals surface area contributed by atoms with Gasteiger partial charge < -0.3 is 15.7 Å². The molecular formula is C13H24N2O2. The van der Waals surface area contributed by atoms with Crippen molar-refractivity contribution in [1.29, 1.82) is 0 Å². The van der Waals surface area contributed by atoms with Gasteiger partial charge in [0.15, 0.2) is 0 Å². The van der Waals surface area contributed by atoms with Gasteiger partial charge in [-0.2, -0.15) is 0 Å². The highest BCUT2D eigenvalue weighted by Crippen LogP contribution is 2.39. The van der Waals surface area contributed by atoms with Crippen LogP contribution in [0.5, 0.6) is 0 Å². The van der Waals surface area contributed by atoms with Crippen molar-refractivity contribution in [3.63, 3.8) is 0 Å². The fourth-order valence-electron chi connectivity index (χ4n) is 2.42. The number of urea groups is 1. The second kappa shape index (κ2) is 4.84. The predicted octanol–water partition coefficient (Wildman–Crippen LogP) is 1.64. The fraction of sp³-hybridized carbons (Fsp3) is 0.923. The zero-order valence-electron chi connectivity index (χ0n) is 10.8. The summed E-state index contributed by atoms with van der Waals surface area (Å²) in [6.07, 6.45) is 5.91. The van der Waals surface area contributed by atoms with Gasteiger partial charge in [0.25, 0.3) is 0 Å². The Morgan fingerprint density at radius 2 is 2.06 bits per heavy atom. The molecule has 0 aromatic rings. The number of carbonyl (C=O) groups excluding carboxylic acids is 1. The minimum Gasteiger partial charge on any atom is -0.394 e. The van der Waals surface area contributed by atoms with Gasteiger partial charge in [-0.25, -0.2) is 4.79 Å². The first-order valence-electron chi connectivity index (χ1n) is 6.73. The largest absolute Gasteiger partial charge is 0.394 e. The molecule has 17 heavy (non-hydrogen) atoms. The van der Waals surface area contributed by atoms with Crippen LogP contribution in [-0.4, -0.2) is 29.3 Å². The number of nitrogens with one attached hydrogen (secondary N) is 2. The van der Waals surface area contributed by atoms with Crippen molar-refractivity contribution < 1.29 is 9.90 Å². The summed E-state index contributed by atoms with van der Waals surface area (Å²) in [4.78, 5) is 11.8. The van der Waals surface area contributed by atoms with Crippen LogP contribution in [0.2, 0.25) is 0 Å². The molecule has 2 aliphatic carbocycles. The molecule has 4 nitrogen and oxygen atoms in total. The van der Waals surface area contributed by atoms with Gasteiger partial charge in [-0.05, 0) is 44.9 Å². The molecule has 0 heterocycles. The smallest absolute Gasteiger partial charge is 0.315 e. The van der Waals surface area contributed by atoms with Crippen molar-refractivity contribution in [3.05, 3.63) is 0 Å². The van der Waals surface area contributed by atoms with Crippen LogP contribution < -0.4 is 10.6 Å². The van der Waals surface area contributed by atoms with Crippen LogP contribution >= 0.6 is 0 Å². The van der Waals surface area contributed by atoms with Crippen LogP contribution in [0.3, 0.4) is 0 Å². The summed E-state index contributed by atoms with van der Waals surface area (Å²) in [7, 11) is 0. The summed E-state index contributed by atoms with van der Waals surface area (Å²) in [5.74, 6) is 1.26. The van der Waals surface area contributed by atoms with E-state index < -0.39 is 5.54 Å². The molecule has 98 valence electrons. The molecule has 4 heteroatoms. The lowest BCUT2D eigenvalue weighted by molar-refractivity contribution is 0.154. The molecule has 0 spiro atoms. The van der Waals surface area contributed by atoms with Crippen LogP contribution in [0.1, 0.15) is 46.0 Å². The molecule has 0 bridgehead atoms. The third-order valence-electron chi connectivity index (χ3n) is 3.97. The number of amides is 2. The van der Waals surface area contributed by atoms with Crippen molar-refractivity contribution in [2.24, 2.45) is 11.8 Å². The molecule has 2 unspecified atom stereocenters. The normalized spacial score (nSPS) is 24.9. The SMILES string of the molecule is CC(CC1CC1)NC(=O)NC(C)(CO)C1CC1. The van der Waals surface area contributed by atoms with Crippen LogP contribution in [0.25, 0.3) is 0 Å². The Hall–Kier alpha value is -0.770. The second-order valence-corrected chi connectivity index (χ2v) is 6.03. The maximum Gasteiger partial charge on any atom is 0.315 e. The average Bonchev–Trinajstić information content (AvgIpc) is 3.09. The lowest BCUT2D eigenvalue weighted by Gasteiger charge is -2.29. The number of carbonyl (C=O) groups is 1. The summed E-state index contributed by atoms with van der Waals surface area (Å²) in [5, 5.41) is 15.3.